The van der Waals surface area contributed by atoms with Gasteiger partial charge in [0.25, 0.3) is 0 Å². The Labute approximate surface area is 96.4 Å². The van der Waals surface area contributed by atoms with E-state index in [1.54, 1.807) is 7.11 Å². The highest BCUT2D eigenvalue weighted by Gasteiger charge is 2.09. The van der Waals surface area contributed by atoms with Gasteiger partial charge in [0, 0.05) is 0 Å². The third kappa shape index (κ3) is 3.11. The molecule has 1 aromatic rings. The van der Waals surface area contributed by atoms with E-state index in [0.717, 1.165) is 30.6 Å². The molecular weight excluding hydrogens is 210 g/mol. The van der Waals surface area contributed by atoms with Crippen LogP contribution >= 0.6 is 11.6 Å². The van der Waals surface area contributed by atoms with Crippen LogP contribution in [-0.4, -0.2) is 13.7 Å². The summed E-state index contributed by atoms with van der Waals surface area (Å²) in [6.45, 7) is 2.81. The van der Waals surface area contributed by atoms with E-state index in [4.69, 9.17) is 22.1 Å². The molecule has 0 spiro atoms. The van der Waals surface area contributed by atoms with Crippen LogP contribution < -0.4 is 10.5 Å². The molecule has 0 fully saturated rings. The minimum Gasteiger partial charge on any atom is -0.495 e. The van der Waals surface area contributed by atoms with Crippen molar-refractivity contribution in [2.75, 3.05) is 13.7 Å². The fourth-order valence-electron chi connectivity index (χ4n) is 1.62. The summed E-state index contributed by atoms with van der Waals surface area (Å²) in [5.74, 6) is 0.794. The summed E-state index contributed by atoms with van der Waals surface area (Å²) in [5.41, 5.74) is 7.91. The van der Waals surface area contributed by atoms with Gasteiger partial charge in [0.05, 0.1) is 12.1 Å². The van der Waals surface area contributed by atoms with Crippen LogP contribution in [0.2, 0.25) is 5.02 Å². The molecule has 0 bridgehead atoms. The van der Waals surface area contributed by atoms with Crippen molar-refractivity contribution < 1.29 is 4.74 Å². The Morgan fingerprint density at radius 2 is 2.13 bits per heavy atom. The lowest BCUT2D eigenvalue weighted by atomic mass is 10.0. The van der Waals surface area contributed by atoms with Crippen molar-refractivity contribution in [1.29, 1.82) is 0 Å². The number of halogens is 1. The van der Waals surface area contributed by atoms with Crippen LogP contribution in [0, 0.1) is 0 Å². The first kappa shape index (κ1) is 12.3. The Morgan fingerprint density at radius 1 is 1.40 bits per heavy atom. The lowest BCUT2D eigenvalue weighted by Gasteiger charge is -2.12. The molecule has 0 amide bonds. The molecule has 15 heavy (non-hydrogen) atoms. The molecule has 0 aromatic heterocycles. The topological polar surface area (TPSA) is 35.2 Å². The SMILES string of the molecule is CCc1cc(Cl)c(OC)c(CCCN)c1. The molecule has 84 valence electrons. The van der Waals surface area contributed by atoms with Gasteiger partial charge in [0.2, 0.25) is 0 Å². The molecule has 0 atom stereocenters. The van der Waals surface area contributed by atoms with Crippen molar-refractivity contribution in [3.63, 3.8) is 0 Å². The van der Waals surface area contributed by atoms with E-state index in [9.17, 15) is 0 Å². The van der Waals surface area contributed by atoms with Crippen molar-refractivity contribution in [2.24, 2.45) is 5.73 Å². The quantitative estimate of drug-likeness (QED) is 0.840. The van der Waals surface area contributed by atoms with E-state index in [2.05, 4.69) is 13.0 Å². The molecule has 1 rings (SSSR count). The van der Waals surface area contributed by atoms with Gasteiger partial charge in [-0.05, 0) is 43.0 Å². The van der Waals surface area contributed by atoms with E-state index in [1.165, 1.54) is 5.56 Å². The van der Waals surface area contributed by atoms with Gasteiger partial charge in [0.15, 0.2) is 0 Å². The van der Waals surface area contributed by atoms with E-state index >= 15 is 0 Å². The van der Waals surface area contributed by atoms with E-state index < -0.39 is 0 Å². The average Bonchev–Trinajstić information content (AvgIpc) is 2.25. The molecule has 0 saturated heterocycles. The summed E-state index contributed by atoms with van der Waals surface area (Å²) in [6, 6.07) is 4.12. The summed E-state index contributed by atoms with van der Waals surface area (Å²) >= 11 is 6.14. The molecule has 0 aliphatic rings. The summed E-state index contributed by atoms with van der Waals surface area (Å²) in [4.78, 5) is 0. The van der Waals surface area contributed by atoms with Gasteiger partial charge in [-0.1, -0.05) is 24.6 Å². The fourth-order valence-corrected chi connectivity index (χ4v) is 1.96. The first-order valence-corrected chi connectivity index (χ1v) is 5.66. The Balaban J connectivity index is 3.02. The molecule has 2 nitrogen and oxygen atoms in total. The highest BCUT2D eigenvalue weighted by molar-refractivity contribution is 6.32. The lowest BCUT2D eigenvalue weighted by molar-refractivity contribution is 0.409. The number of hydrogen-bond donors (Lipinski definition) is 1. The maximum absolute atomic E-state index is 6.14. The number of methoxy groups -OCH3 is 1. The van der Waals surface area contributed by atoms with E-state index in [-0.39, 0.29) is 0 Å². The molecular formula is C12H18ClNO. The number of ether oxygens (including phenoxy) is 1. The van der Waals surface area contributed by atoms with Crippen molar-refractivity contribution >= 4 is 11.6 Å². The van der Waals surface area contributed by atoms with Crippen LogP contribution in [-0.2, 0) is 12.8 Å². The van der Waals surface area contributed by atoms with Crippen molar-refractivity contribution in [3.05, 3.63) is 28.3 Å². The zero-order valence-corrected chi connectivity index (χ0v) is 10.1. The minimum atomic E-state index is 0.692. The molecule has 1 aromatic carbocycles. The summed E-state index contributed by atoms with van der Waals surface area (Å²) < 4.78 is 5.30. The number of nitrogens with two attached hydrogens (primary N) is 1. The third-order valence-electron chi connectivity index (χ3n) is 2.44. The van der Waals surface area contributed by atoms with Gasteiger partial charge >= 0.3 is 0 Å². The van der Waals surface area contributed by atoms with Crippen molar-refractivity contribution in [3.8, 4) is 5.75 Å². The molecule has 0 aliphatic carbocycles. The van der Waals surface area contributed by atoms with Gasteiger partial charge in [-0.25, -0.2) is 0 Å². The maximum atomic E-state index is 6.14. The Morgan fingerprint density at radius 3 is 2.67 bits per heavy atom. The summed E-state index contributed by atoms with van der Waals surface area (Å²) in [6.07, 6.45) is 2.87. The zero-order valence-electron chi connectivity index (χ0n) is 9.35. The molecule has 0 radical (unpaired) electrons. The van der Waals surface area contributed by atoms with Crippen LogP contribution in [0.4, 0.5) is 0 Å². The number of hydrogen-bond acceptors (Lipinski definition) is 2. The molecule has 3 heteroatoms. The van der Waals surface area contributed by atoms with Gasteiger partial charge in [-0.2, -0.15) is 0 Å². The van der Waals surface area contributed by atoms with Crippen molar-refractivity contribution in [2.45, 2.75) is 26.2 Å². The van der Waals surface area contributed by atoms with Gasteiger partial charge in [0.1, 0.15) is 5.75 Å². The third-order valence-corrected chi connectivity index (χ3v) is 2.72. The first-order valence-electron chi connectivity index (χ1n) is 5.28. The Bertz CT molecular complexity index is 326. The number of benzene rings is 1. The van der Waals surface area contributed by atoms with E-state index in [0.29, 0.717) is 11.6 Å². The lowest BCUT2D eigenvalue weighted by Crippen LogP contribution is -2.02. The predicted molar refractivity (Wildman–Crippen MR) is 64.8 cm³/mol. The maximum Gasteiger partial charge on any atom is 0.140 e. The standard InChI is InChI=1S/C12H18ClNO/c1-3-9-7-10(5-4-6-14)12(15-2)11(13)8-9/h7-8H,3-6,14H2,1-2H3. The summed E-state index contributed by atoms with van der Waals surface area (Å²) in [7, 11) is 1.65. The number of rotatable bonds is 5. The summed E-state index contributed by atoms with van der Waals surface area (Å²) in [5, 5.41) is 0.698. The zero-order chi connectivity index (χ0) is 11.3. The molecule has 0 unspecified atom stereocenters. The normalized spacial score (nSPS) is 10.4. The second-order valence-electron chi connectivity index (χ2n) is 3.52. The highest BCUT2D eigenvalue weighted by Crippen LogP contribution is 2.31. The minimum absolute atomic E-state index is 0.692. The van der Waals surface area contributed by atoms with Gasteiger partial charge in [-0.15, -0.1) is 0 Å². The smallest absolute Gasteiger partial charge is 0.140 e. The van der Waals surface area contributed by atoms with Gasteiger partial charge < -0.3 is 10.5 Å². The number of aryl methyl sites for hydroxylation is 2. The molecule has 0 heterocycles. The largest absolute Gasteiger partial charge is 0.495 e. The first-order chi connectivity index (χ1) is 7.22. The fraction of sp³-hybridized carbons (Fsp3) is 0.500. The van der Waals surface area contributed by atoms with Crippen LogP contribution in [0.15, 0.2) is 12.1 Å². The highest BCUT2D eigenvalue weighted by atomic mass is 35.5. The van der Waals surface area contributed by atoms with Gasteiger partial charge in [-0.3, -0.25) is 0 Å². The Kier molecular flexibility index (Phi) is 4.92. The second-order valence-corrected chi connectivity index (χ2v) is 3.92. The van der Waals surface area contributed by atoms with E-state index in [1.807, 2.05) is 6.07 Å². The molecule has 0 saturated carbocycles. The molecule has 2 N–H and O–H groups in total. The monoisotopic (exact) mass is 227 g/mol. The van der Waals surface area contributed by atoms with Crippen LogP contribution in [0.1, 0.15) is 24.5 Å². The van der Waals surface area contributed by atoms with Crippen LogP contribution in [0.5, 0.6) is 5.75 Å². The predicted octanol–water partition coefficient (Wildman–Crippen LogP) is 2.80. The second kappa shape index (κ2) is 5.99. The molecule has 0 aliphatic heterocycles. The van der Waals surface area contributed by atoms with Crippen LogP contribution in [0.3, 0.4) is 0 Å². The van der Waals surface area contributed by atoms with Crippen LogP contribution in [0.25, 0.3) is 0 Å². The van der Waals surface area contributed by atoms with Crippen molar-refractivity contribution in [1.82, 2.24) is 0 Å². The average molecular weight is 228 g/mol. The Hall–Kier alpha value is -0.730.